The molecule has 0 bridgehead atoms. The van der Waals surface area contributed by atoms with Gasteiger partial charge in [0.05, 0.1) is 0 Å². The third-order valence-corrected chi connectivity index (χ3v) is 2.71. The first-order valence-electron chi connectivity index (χ1n) is 3.73. The number of hydrogen-bond acceptors (Lipinski definition) is 1. The predicted molar refractivity (Wildman–Crippen MR) is 38.0 cm³/mol. The minimum absolute atomic E-state index is 0.797. The van der Waals surface area contributed by atoms with Crippen LogP contribution in [0.2, 0.25) is 0 Å². The second kappa shape index (κ2) is 1.53. The van der Waals surface area contributed by atoms with Crippen LogP contribution in [-0.2, 0) is 0 Å². The van der Waals surface area contributed by atoms with Crippen LogP contribution >= 0.6 is 0 Å². The summed E-state index contributed by atoms with van der Waals surface area (Å²) in [5, 5.41) is 3.41. The molecule has 3 atom stereocenters. The van der Waals surface area contributed by atoms with E-state index < -0.39 is 0 Å². The number of piperidine rings is 1. The summed E-state index contributed by atoms with van der Waals surface area (Å²) in [4.78, 5) is 0. The van der Waals surface area contributed by atoms with Crippen molar-refractivity contribution in [3.05, 3.63) is 12.3 Å². The highest BCUT2D eigenvalue weighted by atomic mass is 15.0. The highest BCUT2D eigenvalue weighted by molar-refractivity contribution is 5.12. The molecule has 50 valence electrons. The van der Waals surface area contributed by atoms with Crippen LogP contribution < -0.4 is 5.32 Å². The van der Waals surface area contributed by atoms with Gasteiger partial charge in [-0.25, -0.2) is 0 Å². The summed E-state index contributed by atoms with van der Waals surface area (Å²) in [5.41, 5.74) is 1.25. The molecule has 2 fully saturated rings. The number of nitrogens with one attached hydrogen (secondary N) is 1. The SMILES string of the molecule is C=C1CCC2C(C)C2N1. The molecular weight excluding hydrogens is 110 g/mol. The van der Waals surface area contributed by atoms with Crippen molar-refractivity contribution in [1.82, 2.24) is 5.32 Å². The van der Waals surface area contributed by atoms with Gasteiger partial charge in [0.25, 0.3) is 0 Å². The number of rotatable bonds is 0. The van der Waals surface area contributed by atoms with Crippen molar-refractivity contribution in [2.24, 2.45) is 11.8 Å². The first-order chi connectivity index (χ1) is 4.29. The van der Waals surface area contributed by atoms with Crippen LogP contribution in [0, 0.1) is 11.8 Å². The molecule has 2 aliphatic rings. The van der Waals surface area contributed by atoms with Gasteiger partial charge in [0.1, 0.15) is 0 Å². The van der Waals surface area contributed by atoms with Gasteiger partial charge in [-0.15, -0.1) is 0 Å². The first-order valence-corrected chi connectivity index (χ1v) is 3.73. The second-order valence-electron chi connectivity index (χ2n) is 3.34. The van der Waals surface area contributed by atoms with Gasteiger partial charge < -0.3 is 5.32 Å². The van der Waals surface area contributed by atoms with Crippen LogP contribution in [0.3, 0.4) is 0 Å². The monoisotopic (exact) mass is 123 g/mol. The van der Waals surface area contributed by atoms with Crippen LogP contribution in [0.15, 0.2) is 12.3 Å². The van der Waals surface area contributed by atoms with Crippen LogP contribution in [0.25, 0.3) is 0 Å². The lowest BCUT2D eigenvalue weighted by Crippen LogP contribution is -2.21. The lowest BCUT2D eigenvalue weighted by atomic mass is 10.1. The first kappa shape index (κ1) is 5.33. The number of hydrogen-bond donors (Lipinski definition) is 1. The van der Waals surface area contributed by atoms with E-state index in [9.17, 15) is 0 Å². The van der Waals surface area contributed by atoms with Crippen LogP contribution in [0.1, 0.15) is 19.8 Å². The summed E-state index contributed by atoms with van der Waals surface area (Å²) in [6.45, 7) is 6.23. The molecule has 1 heterocycles. The second-order valence-corrected chi connectivity index (χ2v) is 3.34. The van der Waals surface area contributed by atoms with Gasteiger partial charge >= 0.3 is 0 Å². The topological polar surface area (TPSA) is 12.0 Å². The van der Waals surface area contributed by atoms with Gasteiger partial charge in [-0.05, 0) is 24.7 Å². The molecule has 0 amide bonds. The van der Waals surface area contributed by atoms with Gasteiger partial charge in [0.15, 0.2) is 0 Å². The number of fused-ring (bicyclic) bond motifs is 1. The van der Waals surface area contributed by atoms with Crippen molar-refractivity contribution < 1.29 is 0 Å². The van der Waals surface area contributed by atoms with Gasteiger partial charge in [-0.2, -0.15) is 0 Å². The molecule has 0 radical (unpaired) electrons. The molecular formula is C8H13N. The van der Waals surface area contributed by atoms with Crippen LogP contribution in [0.5, 0.6) is 0 Å². The lowest BCUT2D eigenvalue weighted by Gasteiger charge is -2.13. The highest BCUT2D eigenvalue weighted by Crippen LogP contribution is 2.45. The third kappa shape index (κ3) is 0.673. The van der Waals surface area contributed by atoms with E-state index in [4.69, 9.17) is 0 Å². The molecule has 3 unspecified atom stereocenters. The summed E-state index contributed by atoms with van der Waals surface area (Å²) in [6.07, 6.45) is 2.57. The Morgan fingerprint density at radius 3 is 3.00 bits per heavy atom. The standard InChI is InChI=1S/C8H13N/c1-5-3-4-7-6(2)8(7)9-5/h6-9H,1,3-4H2,2H3. The van der Waals surface area contributed by atoms with E-state index in [1.165, 1.54) is 18.5 Å². The fourth-order valence-electron chi connectivity index (χ4n) is 1.88. The van der Waals surface area contributed by atoms with Gasteiger partial charge in [0, 0.05) is 11.7 Å². The third-order valence-electron chi connectivity index (χ3n) is 2.71. The molecule has 1 aliphatic carbocycles. The molecule has 1 saturated heterocycles. The zero-order valence-electron chi connectivity index (χ0n) is 5.85. The minimum atomic E-state index is 0.797. The molecule has 2 rings (SSSR count). The molecule has 1 saturated carbocycles. The van der Waals surface area contributed by atoms with Crippen molar-refractivity contribution in [2.45, 2.75) is 25.8 Å². The Labute approximate surface area is 56.1 Å². The van der Waals surface area contributed by atoms with E-state index in [1.54, 1.807) is 0 Å². The van der Waals surface area contributed by atoms with Crippen molar-refractivity contribution in [3.8, 4) is 0 Å². The van der Waals surface area contributed by atoms with Crippen molar-refractivity contribution >= 4 is 0 Å². The molecule has 1 N–H and O–H groups in total. The Hall–Kier alpha value is -0.460. The fourth-order valence-corrected chi connectivity index (χ4v) is 1.88. The van der Waals surface area contributed by atoms with E-state index in [1.807, 2.05) is 0 Å². The number of allylic oxidation sites excluding steroid dienone is 1. The molecule has 1 aliphatic heterocycles. The molecule has 0 aromatic carbocycles. The van der Waals surface area contributed by atoms with Gasteiger partial charge in [-0.3, -0.25) is 0 Å². The molecule has 0 aromatic rings. The Balaban J connectivity index is 2.03. The smallest absolute Gasteiger partial charge is 0.0318 e. The van der Waals surface area contributed by atoms with Crippen molar-refractivity contribution in [3.63, 3.8) is 0 Å². The summed E-state index contributed by atoms with van der Waals surface area (Å²) in [5.74, 6) is 1.90. The zero-order valence-corrected chi connectivity index (χ0v) is 5.85. The Morgan fingerprint density at radius 1 is 1.67 bits per heavy atom. The van der Waals surface area contributed by atoms with E-state index in [-0.39, 0.29) is 0 Å². The average molecular weight is 123 g/mol. The highest BCUT2D eigenvalue weighted by Gasteiger charge is 2.48. The van der Waals surface area contributed by atoms with Gasteiger partial charge in [0.2, 0.25) is 0 Å². The van der Waals surface area contributed by atoms with Crippen molar-refractivity contribution in [1.29, 1.82) is 0 Å². The fraction of sp³-hybridized carbons (Fsp3) is 0.750. The molecule has 0 aromatic heterocycles. The maximum absolute atomic E-state index is 3.91. The van der Waals surface area contributed by atoms with Crippen LogP contribution in [0.4, 0.5) is 0 Å². The Kier molecular flexibility index (Phi) is 0.904. The van der Waals surface area contributed by atoms with E-state index >= 15 is 0 Å². The van der Waals surface area contributed by atoms with Crippen LogP contribution in [-0.4, -0.2) is 6.04 Å². The van der Waals surface area contributed by atoms with Crippen molar-refractivity contribution in [2.75, 3.05) is 0 Å². The maximum atomic E-state index is 3.91. The predicted octanol–water partition coefficient (Wildman–Crippen LogP) is 1.52. The van der Waals surface area contributed by atoms with E-state index in [2.05, 4.69) is 18.8 Å². The van der Waals surface area contributed by atoms with E-state index in [0.717, 1.165) is 17.9 Å². The summed E-state index contributed by atoms with van der Waals surface area (Å²) in [7, 11) is 0. The van der Waals surface area contributed by atoms with Gasteiger partial charge in [-0.1, -0.05) is 13.5 Å². The summed E-state index contributed by atoms with van der Waals surface area (Å²) >= 11 is 0. The lowest BCUT2D eigenvalue weighted by molar-refractivity contribution is 0.569. The molecule has 1 nitrogen and oxygen atoms in total. The minimum Gasteiger partial charge on any atom is -0.386 e. The normalized spacial score (nSPS) is 47.7. The molecule has 1 heteroatoms. The maximum Gasteiger partial charge on any atom is 0.0318 e. The quantitative estimate of drug-likeness (QED) is 0.515. The largest absolute Gasteiger partial charge is 0.386 e. The molecule has 0 spiro atoms. The molecule has 9 heavy (non-hydrogen) atoms. The summed E-state index contributed by atoms with van der Waals surface area (Å²) < 4.78 is 0. The zero-order chi connectivity index (χ0) is 6.43. The summed E-state index contributed by atoms with van der Waals surface area (Å²) in [6, 6.07) is 0.797. The van der Waals surface area contributed by atoms with E-state index in [0.29, 0.717) is 0 Å². The Bertz CT molecular complexity index is 151. The Morgan fingerprint density at radius 2 is 2.44 bits per heavy atom. The average Bonchev–Trinajstić information content (AvgIpc) is 2.43.